The quantitative estimate of drug-likeness (QED) is 0.211. The number of amides is 1. The average Bonchev–Trinajstić information content (AvgIpc) is 2.70. The number of aliphatic imine (C=N–C) groups is 1. The number of benzene rings is 1. The lowest BCUT2D eigenvalue weighted by atomic mass is 9.96. The Hall–Kier alpha value is -1.62. The number of nitrogens with one attached hydrogen (secondary N) is 3. The Morgan fingerprint density at radius 3 is 2.42 bits per heavy atom. The number of rotatable bonds is 7. The van der Waals surface area contributed by atoms with E-state index in [4.69, 9.17) is 4.74 Å². The zero-order valence-electron chi connectivity index (χ0n) is 19.3. The molecule has 0 bridgehead atoms. The van der Waals surface area contributed by atoms with Crippen LogP contribution in [-0.2, 0) is 11.3 Å². The number of hydrogen-bond donors (Lipinski definition) is 3. The molecule has 0 spiro atoms. The number of guanidine groups is 1. The highest BCUT2D eigenvalue weighted by Gasteiger charge is 2.21. The number of nitrogens with zero attached hydrogens (tertiary/aromatic N) is 2. The molecular formula is C22H37FIN5O2. The lowest BCUT2D eigenvalue weighted by molar-refractivity contribution is -0.128. The van der Waals surface area contributed by atoms with Crippen LogP contribution in [0.5, 0.6) is 5.75 Å². The standard InChI is InChI=1S/C22H36FN5O2.HI/c1-22(2,3)20(29)25-10-11-26-21(24-4)27-17-8-12-28(13-9-17)15-16-6-7-19(30-5)18(23)14-16;/h6-7,14,17H,8-13,15H2,1-5H3,(H,25,29)(H2,24,26,27);1H. The van der Waals surface area contributed by atoms with Crippen LogP contribution in [0.15, 0.2) is 23.2 Å². The summed E-state index contributed by atoms with van der Waals surface area (Å²) in [5, 5.41) is 9.62. The molecule has 7 nitrogen and oxygen atoms in total. The summed E-state index contributed by atoms with van der Waals surface area (Å²) in [5.41, 5.74) is 0.570. The summed E-state index contributed by atoms with van der Waals surface area (Å²) >= 11 is 0. The van der Waals surface area contributed by atoms with Gasteiger partial charge in [-0.15, -0.1) is 24.0 Å². The van der Waals surface area contributed by atoms with E-state index in [1.165, 1.54) is 7.11 Å². The van der Waals surface area contributed by atoms with Gasteiger partial charge in [0.15, 0.2) is 17.5 Å². The minimum Gasteiger partial charge on any atom is -0.494 e. The first-order valence-electron chi connectivity index (χ1n) is 10.5. The third-order valence-corrected chi connectivity index (χ3v) is 5.16. The maximum Gasteiger partial charge on any atom is 0.225 e. The van der Waals surface area contributed by atoms with E-state index < -0.39 is 0 Å². The fourth-order valence-electron chi connectivity index (χ4n) is 3.31. The van der Waals surface area contributed by atoms with Gasteiger partial charge in [-0.2, -0.15) is 0 Å². The van der Waals surface area contributed by atoms with Crippen LogP contribution >= 0.6 is 24.0 Å². The molecule has 1 aromatic carbocycles. The Morgan fingerprint density at radius 1 is 1.23 bits per heavy atom. The fourth-order valence-corrected chi connectivity index (χ4v) is 3.31. The molecule has 3 N–H and O–H groups in total. The number of ether oxygens (including phenoxy) is 1. The van der Waals surface area contributed by atoms with Crippen molar-refractivity contribution >= 4 is 35.8 Å². The molecule has 1 heterocycles. The first-order chi connectivity index (χ1) is 14.2. The van der Waals surface area contributed by atoms with Crippen molar-refractivity contribution in [1.82, 2.24) is 20.9 Å². The normalized spacial score (nSPS) is 15.7. The van der Waals surface area contributed by atoms with Gasteiger partial charge >= 0.3 is 0 Å². The number of likely N-dealkylation sites (tertiary alicyclic amines) is 1. The van der Waals surface area contributed by atoms with Crippen molar-refractivity contribution in [1.29, 1.82) is 0 Å². The second-order valence-corrected chi connectivity index (χ2v) is 8.67. The second-order valence-electron chi connectivity index (χ2n) is 8.67. The maximum absolute atomic E-state index is 13.9. The SMILES string of the molecule is CN=C(NCCNC(=O)C(C)(C)C)NC1CCN(Cc2ccc(OC)c(F)c2)CC1.I. The number of carbonyl (C=O) groups excluding carboxylic acids is 1. The first-order valence-corrected chi connectivity index (χ1v) is 10.5. The van der Waals surface area contributed by atoms with Gasteiger partial charge in [-0.25, -0.2) is 4.39 Å². The summed E-state index contributed by atoms with van der Waals surface area (Å²) in [6, 6.07) is 5.48. The highest BCUT2D eigenvalue weighted by Crippen LogP contribution is 2.20. The van der Waals surface area contributed by atoms with Crippen LogP contribution < -0.4 is 20.7 Å². The topological polar surface area (TPSA) is 78.0 Å². The molecule has 0 unspecified atom stereocenters. The van der Waals surface area contributed by atoms with E-state index >= 15 is 0 Å². The molecule has 1 amide bonds. The van der Waals surface area contributed by atoms with Crippen LogP contribution in [0.1, 0.15) is 39.2 Å². The minimum atomic E-state index is -0.383. The Balaban J connectivity index is 0.00000480. The molecule has 0 saturated carbocycles. The summed E-state index contributed by atoms with van der Waals surface area (Å²) in [6.45, 7) is 9.45. The van der Waals surface area contributed by atoms with Crippen molar-refractivity contribution in [2.24, 2.45) is 10.4 Å². The molecule has 1 aliphatic heterocycles. The van der Waals surface area contributed by atoms with Crippen molar-refractivity contribution in [2.75, 3.05) is 40.3 Å². The summed E-state index contributed by atoms with van der Waals surface area (Å²) in [4.78, 5) is 18.5. The van der Waals surface area contributed by atoms with E-state index in [1.54, 1.807) is 19.2 Å². The van der Waals surface area contributed by atoms with Gasteiger partial charge in [-0.05, 0) is 30.5 Å². The zero-order chi connectivity index (χ0) is 22.1. The molecule has 0 aliphatic carbocycles. The molecule has 0 radical (unpaired) electrons. The molecule has 1 saturated heterocycles. The third kappa shape index (κ3) is 9.18. The van der Waals surface area contributed by atoms with Crippen molar-refractivity contribution < 1.29 is 13.9 Å². The monoisotopic (exact) mass is 549 g/mol. The van der Waals surface area contributed by atoms with Crippen molar-refractivity contribution in [2.45, 2.75) is 46.2 Å². The Bertz CT molecular complexity index is 731. The van der Waals surface area contributed by atoms with Gasteiger partial charge in [-0.3, -0.25) is 14.7 Å². The number of piperidine rings is 1. The summed E-state index contributed by atoms with van der Waals surface area (Å²) in [7, 11) is 3.22. The average molecular weight is 549 g/mol. The number of methoxy groups -OCH3 is 1. The van der Waals surface area contributed by atoms with E-state index in [2.05, 4.69) is 25.8 Å². The Kier molecular flexibility index (Phi) is 11.5. The van der Waals surface area contributed by atoms with Gasteiger partial charge in [-0.1, -0.05) is 26.8 Å². The van der Waals surface area contributed by atoms with E-state index in [0.29, 0.717) is 19.1 Å². The predicted molar refractivity (Wildman–Crippen MR) is 134 cm³/mol. The van der Waals surface area contributed by atoms with Gasteiger partial charge in [0.2, 0.25) is 5.91 Å². The van der Waals surface area contributed by atoms with Gasteiger partial charge in [0, 0.05) is 51.2 Å². The summed E-state index contributed by atoms with van der Waals surface area (Å²) in [6.07, 6.45) is 1.97. The third-order valence-electron chi connectivity index (χ3n) is 5.16. The van der Waals surface area contributed by atoms with Crippen LogP contribution in [0.2, 0.25) is 0 Å². The minimum absolute atomic E-state index is 0. The molecule has 31 heavy (non-hydrogen) atoms. The first kappa shape index (κ1) is 27.4. The van der Waals surface area contributed by atoms with E-state index in [1.807, 2.05) is 26.8 Å². The number of halogens is 2. The number of hydrogen-bond acceptors (Lipinski definition) is 4. The van der Waals surface area contributed by atoms with Gasteiger partial charge in [0.05, 0.1) is 7.11 Å². The molecular weight excluding hydrogens is 512 g/mol. The van der Waals surface area contributed by atoms with Crippen LogP contribution in [0.3, 0.4) is 0 Å². The van der Waals surface area contributed by atoms with Crippen molar-refractivity contribution in [3.8, 4) is 5.75 Å². The Morgan fingerprint density at radius 2 is 1.87 bits per heavy atom. The van der Waals surface area contributed by atoms with Crippen molar-refractivity contribution in [3.05, 3.63) is 29.6 Å². The summed E-state index contributed by atoms with van der Waals surface area (Å²) < 4.78 is 18.9. The molecule has 0 aromatic heterocycles. The molecule has 0 atom stereocenters. The molecule has 1 aliphatic rings. The molecule has 1 fully saturated rings. The molecule has 176 valence electrons. The maximum atomic E-state index is 13.9. The van der Waals surface area contributed by atoms with Gasteiger partial charge in [0.1, 0.15) is 0 Å². The van der Waals surface area contributed by atoms with E-state index in [-0.39, 0.29) is 46.9 Å². The summed E-state index contributed by atoms with van der Waals surface area (Å²) in [5.74, 6) is 0.741. The van der Waals surface area contributed by atoms with Gasteiger partial charge < -0.3 is 20.7 Å². The van der Waals surface area contributed by atoms with Gasteiger partial charge in [0.25, 0.3) is 0 Å². The molecule has 2 rings (SSSR count). The predicted octanol–water partition coefficient (Wildman–Crippen LogP) is 2.74. The zero-order valence-corrected chi connectivity index (χ0v) is 21.6. The largest absolute Gasteiger partial charge is 0.494 e. The van der Waals surface area contributed by atoms with Crippen LogP contribution in [0.4, 0.5) is 4.39 Å². The molecule has 9 heteroatoms. The second kappa shape index (κ2) is 13.0. The van der Waals surface area contributed by atoms with Crippen molar-refractivity contribution in [3.63, 3.8) is 0 Å². The van der Waals surface area contributed by atoms with Crippen LogP contribution in [0.25, 0.3) is 0 Å². The smallest absolute Gasteiger partial charge is 0.225 e. The van der Waals surface area contributed by atoms with Crippen LogP contribution in [-0.4, -0.2) is 63.1 Å². The Labute approximate surface area is 202 Å². The lowest BCUT2D eigenvalue weighted by Crippen LogP contribution is -2.49. The van der Waals surface area contributed by atoms with E-state index in [0.717, 1.165) is 44.0 Å². The number of carbonyl (C=O) groups is 1. The molecule has 1 aromatic rings. The van der Waals surface area contributed by atoms with Crippen LogP contribution in [0, 0.1) is 11.2 Å². The fraction of sp³-hybridized carbons (Fsp3) is 0.636. The highest BCUT2D eigenvalue weighted by atomic mass is 127. The highest BCUT2D eigenvalue weighted by molar-refractivity contribution is 14.0. The lowest BCUT2D eigenvalue weighted by Gasteiger charge is -2.33. The van der Waals surface area contributed by atoms with E-state index in [9.17, 15) is 9.18 Å².